The molecule has 0 aliphatic carbocycles. The van der Waals surface area contributed by atoms with Gasteiger partial charge < -0.3 is 10.5 Å². The van der Waals surface area contributed by atoms with Gasteiger partial charge in [-0.2, -0.15) is 0 Å². The first-order valence-corrected chi connectivity index (χ1v) is 6.90. The van der Waals surface area contributed by atoms with Gasteiger partial charge in [0, 0.05) is 11.6 Å². The van der Waals surface area contributed by atoms with E-state index in [0.29, 0.717) is 6.54 Å². The molecular weight excluding hydrogens is 258 g/mol. The van der Waals surface area contributed by atoms with Crippen molar-refractivity contribution in [3.05, 3.63) is 52.5 Å². The maximum atomic E-state index is 6.10. The number of halogens is 1. The highest BCUT2D eigenvalue weighted by molar-refractivity contribution is 6.31. The predicted octanol–water partition coefficient (Wildman–Crippen LogP) is 3.79. The highest BCUT2D eigenvalue weighted by Gasteiger charge is 2.11. The number of hydrogen-bond acceptors (Lipinski definition) is 2. The first kappa shape index (κ1) is 12.5. The molecule has 19 heavy (non-hydrogen) atoms. The molecule has 0 atom stereocenters. The quantitative estimate of drug-likeness (QED) is 0.903. The van der Waals surface area contributed by atoms with Crippen LogP contribution in [-0.4, -0.2) is 6.61 Å². The number of rotatable bonds is 2. The largest absolute Gasteiger partial charge is 0.493 e. The molecule has 3 heteroatoms. The molecule has 0 saturated carbocycles. The average Bonchev–Trinajstić information content (AvgIpc) is 2.47. The molecule has 1 aliphatic heterocycles. The molecule has 0 bridgehead atoms. The fraction of sp³-hybridized carbons (Fsp3) is 0.250. The first-order valence-electron chi connectivity index (χ1n) is 6.52. The highest BCUT2D eigenvalue weighted by atomic mass is 35.5. The van der Waals surface area contributed by atoms with Crippen molar-refractivity contribution in [3.63, 3.8) is 0 Å². The van der Waals surface area contributed by atoms with Crippen LogP contribution in [0.25, 0.3) is 11.1 Å². The molecule has 2 nitrogen and oxygen atoms in total. The molecule has 1 aliphatic rings. The van der Waals surface area contributed by atoms with Crippen molar-refractivity contribution in [2.24, 2.45) is 5.73 Å². The fourth-order valence-electron chi connectivity index (χ4n) is 2.45. The van der Waals surface area contributed by atoms with Crippen LogP contribution in [0, 0.1) is 0 Å². The predicted molar refractivity (Wildman–Crippen MR) is 78.6 cm³/mol. The maximum Gasteiger partial charge on any atom is 0.122 e. The normalized spacial score (nSPS) is 13.8. The van der Waals surface area contributed by atoms with Crippen molar-refractivity contribution in [1.29, 1.82) is 0 Å². The number of hydrogen-bond donors (Lipinski definition) is 1. The first-order chi connectivity index (χ1) is 9.28. The molecule has 0 fully saturated rings. The summed E-state index contributed by atoms with van der Waals surface area (Å²) in [6.07, 6.45) is 2.17. The molecule has 0 spiro atoms. The summed E-state index contributed by atoms with van der Waals surface area (Å²) in [4.78, 5) is 0. The Bertz CT molecular complexity index is 610. The van der Waals surface area contributed by atoms with Gasteiger partial charge in [0.1, 0.15) is 5.75 Å². The van der Waals surface area contributed by atoms with Gasteiger partial charge in [-0.25, -0.2) is 0 Å². The van der Waals surface area contributed by atoms with Crippen molar-refractivity contribution in [2.45, 2.75) is 19.4 Å². The Morgan fingerprint density at radius 3 is 2.74 bits per heavy atom. The molecule has 0 aromatic heterocycles. The van der Waals surface area contributed by atoms with Gasteiger partial charge >= 0.3 is 0 Å². The van der Waals surface area contributed by atoms with Crippen LogP contribution in [0.2, 0.25) is 5.02 Å². The lowest BCUT2D eigenvalue weighted by molar-refractivity contribution is 0.288. The Balaban J connectivity index is 2.02. The summed E-state index contributed by atoms with van der Waals surface area (Å²) in [5.74, 6) is 1.02. The van der Waals surface area contributed by atoms with Crippen LogP contribution in [0.3, 0.4) is 0 Å². The molecule has 2 aromatic rings. The van der Waals surface area contributed by atoms with Gasteiger partial charge in [0.15, 0.2) is 0 Å². The molecule has 3 rings (SSSR count). The lowest BCUT2D eigenvalue weighted by atomic mass is 9.98. The molecule has 0 radical (unpaired) electrons. The monoisotopic (exact) mass is 273 g/mol. The Morgan fingerprint density at radius 1 is 1.11 bits per heavy atom. The average molecular weight is 274 g/mol. The highest BCUT2D eigenvalue weighted by Crippen LogP contribution is 2.31. The Labute approximate surface area is 118 Å². The minimum atomic E-state index is 0.459. The van der Waals surface area contributed by atoms with E-state index in [0.717, 1.165) is 41.3 Å². The van der Waals surface area contributed by atoms with Crippen LogP contribution in [0.15, 0.2) is 36.4 Å². The SMILES string of the molecule is NCc1cc(-c2ccc3c(c2)CCCO3)ccc1Cl. The molecule has 2 N–H and O–H groups in total. The summed E-state index contributed by atoms with van der Waals surface area (Å²) in [6.45, 7) is 1.28. The third-order valence-corrected chi connectivity index (χ3v) is 3.88. The Morgan fingerprint density at radius 2 is 1.89 bits per heavy atom. The van der Waals surface area contributed by atoms with Crippen molar-refractivity contribution < 1.29 is 4.74 Å². The number of nitrogens with two attached hydrogens (primary N) is 1. The topological polar surface area (TPSA) is 35.2 Å². The summed E-state index contributed by atoms with van der Waals surface area (Å²) in [6, 6.07) is 12.4. The van der Waals surface area contributed by atoms with Crippen LogP contribution in [-0.2, 0) is 13.0 Å². The Hall–Kier alpha value is -1.51. The zero-order chi connectivity index (χ0) is 13.2. The van der Waals surface area contributed by atoms with Crippen LogP contribution in [0.4, 0.5) is 0 Å². The number of ether oxygens (including phenoxy) is 1. The van der Waals surface area contributed by atoms with Gasteiger partial charge in [-0.05, 0) is 59.4 Å². The number of aryl methyl sites for hydroxylation is 1. The third kappa shape index (κ3) is 2.46. The molecule has 98 valence electrons. The van der Waals surface area contributed by atoms with Gasteiger partial charge in [-0.1, -0.05) is 23.7 Å². The molecule has 0 saturated heterocycles. The zero-order valence-electron chi connectivity index (χ0n) is 10.7. The maximum absolute atomic E-state index is 6.10. The van der Waals surface area contributed by atoms with Crippen molar-refractivity contribution >= 4 is 11.6 Å². The van der Waals surface area contributed by atoms with E-state index in [1.54, 1.807) is 0 Å². The van der Waals surface area contributed by atoms with E-state index >= 15 is 0 Å². The van der Waals surface area contributed by atoms with Crippen LogP contribution < -0.4 is 10.5 Å². The fourth-order valence-corrected chi connectivity index (χ4v) is 2.65. The van der Waals surface area contributed by atoms with Crippen LogP contribution in [0.1, 0.15) is 17.5 Å². The Kier molecular flexibility index (Phi) is 3.45. The summed E-state index contributed by atoms with van der Waals surface area (Å²) >= 11 is 6.10. The summed E-state index contributed by atoms with van der Waals surface area (Å²) < 4.78 is 5.64. The van der Waals surface area contributed by atoms with Gasteiger partial charge in [0.05, 0.1) is 6.61 Å². The van der Waals surface area contributed by atoms with E-state index in [4.69, 9.17) is 22.1 Å². The van der Waals surface area contributed by atoms with E-state index in [2.05, 4.69) is 24.3 Å². The van der Waals surface area contributed by atoms with Gasteiger partial charge in [-0.3, -0.25) is 0 Å². The standard InChI is InChI=1S/C16H16ClNO/c17-15-5-3-11(9-14(15)10-18)12-4-6-16-13(8-12)2-1-7-19-16/h3-6,8-9H,1-2,7,10,18H2. The summed E-state index contributed by atoms with van der Waals surface area (Å²) in [5, 5.41) is 0.729. The number of benzene rings is 2. The molecule has 2 aromatic carbocycles. The van der Waals surface area contributed by atoms with Crippen molar-refractivity contribution in [1.82, 2.24) is 0 Å². The molecule has 0 unspecified atom stereocenters. The number of fused-ring (bicyclic) bond motifs is 1. The van der Waals surface area contributed by atoms with Crippen molar-refractivity contribution in [3.8, 4) is 16.9 Å². The molecule has 0 amide bonds. The lowest BCUT2D eigenvalue weighted by Crippen LogP contribution is -2.08. The van der Waals surface area contributed by atoms with E-state index in [9.17, 15) is 0 Å². The molecular formula is C16H16ClNO. The van der Waals surface area contributed by atoms with Gasteiger partial charge in [0.25, 0.3) is 0 Å². The summed E-state index contributed by atoms with van der Waals surface area (Å²) in [7, 11) is 0. The van der Waals surface area contributed by atoms with Crippen LogP contribution >= 0.6 is 11.6 Å². The van der Waals surface area contributed by atoms with E-state index < -0.39 is 0 Å². The summed E-state index contributed by atoms with van der Waals surface area (Å²) in [5.41, 5.74) is 10.3. The van der Waals surface area contributed by atoms with Gasteiger partial charge in [0.2, 0.25) is 0 Å². The zero-order valence-corrected chi connectivity index (χ0v) is 11.4. The minimum absolute atomic E-state index is 0.459. The lowest BCUT2D eigenvalue weighted by Gasteiger charge is -2.18. The van der Waals surface area contributed by atoms with E-state index in [-0.39, 0.29) is 0 Å². The van der Waals surface area contributed by atoms with Crippen LogP contribution in [0.5, 0.6) is 5.75 Å². The molecule has 1 heterocycles. The second-order valence-corrected chi connectivity index (χ2v) is 5.19. The second-order valence-electron chi connectivity index (χ2n) is 4.78. The minimum Gasteiger partial charge on any atom is -0.493 e. The smallest absolute Gasteiger partial charge is 0.122 e. The van der Waals surface area contributed by atoms with E-state index in [1.165, 1.54) is 11.1 Å². The van der Waals surface area contributed by atoms with Gasteiger partial charge in [-0.15, -0.1) is 0 Å². The van der Waals surface area contributed by atoms with E-state index in [1.807, 2.05) is 12.1 Å². The van der Waals surface area contributed by atoms with Crippen molar-refractivity contribution in [2.75, 3.05) is 6.61 Å². The second kappa shape index (κ2) is 5.24. The third-order valence-electron chi connectivity index (χ3n) is 3.51.